The molecule has 0 aliphatic carbocycles. The van der Waals surface area contributed by atoms with Gasteiger partial charge in [0.25, 0.3) is 0 Å². The van der Waals surface area contributed by atoms with Crippen LogP contribution < -0.4 is 0 Å². The average Bonchev–Trinajstić information content (AvgIpc) is 3.14. The second kappa shape index (κ2) is 7.51. The van der Waals surface area contributed by atoms with E-state index in [0.717, 1.165) is 15.7 Å². The molecule has 0 radical (unpaired) electrons. The normalized spacial score (nSPS) is 10.7. The third-order valence-corrected chi connectivity index (χ3v) is 4.98. The summed E-state index contributed by atoms with van der Waals surface area (Å²) in [4.78, 5) is 13.1. The molecule has 1 heterocycles. The standard InChI is InChI=1S/C22H14BrClN2O/c23-17-8-6-15(7-9-17)21-20(22(27)16-4-2-1-3-5-16)14-26(25-21)19-12-10-18(24)11-13-19/h1-14H. The monoisotopic (exact) mass is 436 g/mol. The van der Waals surface area contributed by atoms with E-state index in [-0.39, 0.29) is 5.78 Å². The molecule has 5 heteroatoms. The minimum Gasteiger partial charge on any atom is -0.288 e. The molecule has 1 aromatic heterocycles. The third kappa shape index (κ3) is 3.72. The van der Waals surface area contributed by atoms with Gasteiger partial charge >= 0.3 is 0 Å². The number of nitrogens with zero attached hydrogens (tertiary/aromatic N) is 2. The number of aromatic nitrogens is 2. The van der Waals surface area contributed by atoms with Gasteiger partial charge in [0.2, 0.25) is 0 Å². The van der Waals surface area contributed by atoms with Gasteiger partial charge in [0.1, 0.15) is 5.69 Å². The molecule has 0 atom stereocenters. The molecule has 0 saturated heterocycles. The van der Waals surface area contributed by atoms with Gasteiger partial charge in [0.15, 0.2) is 5.78 Å². The van der Waals surface area contributed by atoms with E-state index in [4.69, 9.17) is 16.7 Å². The van der Waals surface area contributed by atoms with Crippen LogP contribution in [0.4, 0.5) is 0 Å². The lowest BCUT2D eigenvalue weighted by atomic mass is 10.0. The lowest BCUT2D eigenvalue weighted by Crippen LogP contribution is -2.01. The highest BCUT2D eigenvalue weighted by molar-refractivity contribution is 9.10. The summed E-state index contributed by atoms with van der Waals surface area (Å²) in [6.45, 7) is 0. The maximum absolute atomic E-state index is 13.1. The molecule has 27 heavy (non-hydrogen) atoms. The van der Waals surface area contributed by atoms with Crippen LogP contribution in [0.1, 0.15) is 15.9 Å². The molecule has 0 N–H and O–H groups in total. The summed E-state index contributed by atoms with van der Waals surface area (Å²) in [7, 11) is 0. The maximum atomic E-state index is 13.1. The zero-order valence-corrected chi connectivity index (χ0v) is 16.5. The molecule has 0 bridgehead atoms. The lowest BCUT2D eigenvalue weighted by Gasteiger charge is -2.02. The van der Waals surface area contributed by atoms with E-state index in [2.05, 4.69) is 15.9 Å². The Labute approximate surface area is 170 Å². The van der Waals surface area contributed by atoms with Crippen molar-refractivity contribution in [2.24, 2.45) is 0 Å². The molecular formula is C22H14BrClN2O. The summed E-state index contributed by atoms with van der Waals surface area (Å²) in [6, 6.07) is 24.3. The van der Waals surface area contributed by atoms with Crippen LogP contribution >= 0.6 is 27.5 Å². The van der Waals surface area contributed by atoms with Crippen molar-refractivity contribution < 1.29 is 4.79 Å². The smallest absolute Gasteiger partial charge is 0.196 e. The molecule has 4 rings (SSSR count). The van der Waals surface area contributed by atoms with E-state index < -0.39 is 0 Å². The number of rotatable bonds is 4. The molecule has 0 aliphatic rings. The van der Waals surface area contributed by atoms with Gasteiger partial charge in [0, 0.05) is 26.8 Å². The number of benzene rings is 3. The van der Waals surface area contributed by atoms with Crippen LogP contribution in [0.3, 0.4) is 0 Å². The highest BCUT2D eigenvalue weighted by Gasteiger charge is 2.20. The van der Waals surface area contributed by atoms with Crippen LogP contribution in [0, 0.1) is 0 Å². The molecule has 0 saturated carbocycles. The van der Waals surface area contributed by atoms with Gasteiger partial charge in [-0.15, -0.1) is 0 Å². The second-order valence-corrected chi connectivity index (χ2v) is 7.37. The van der Waals surface area contributed by atoms with Gasteiger partial charge in [0.05, 0.1) is 11.3 Å². The van der Waals surface area contributed by atoms with Crippen LogP contribution in [0.15, 0.2) is 89.5 Å². The number of hydrogen-bond acceptors (Lipinski definition) is 2. The molecule has 132 valence electrons. The van der Waals surface area contributed by atoms with E-state index in [9.17, 15) is 4.79 Å². The Bertz CT molecular complexity index is 1090. The minimum absolute atomic E-state index is 0.0614. The van der Waals surface area contributed by atoms with E-state index in [1.54, 1.807) is 23.0 Å². The van der Waals surface area contributed by atoms with Crippen molar-refractivity contribution in [2.45, 2.75) is 0 Å². The molecule has 0 unspecified atom stereocenters. The van der Waals surface area contributed by atoms with Crippen molar-refractivity contribution in [2.75, 3.05) is 0 Å². The van der Waals surface area contributed by atoms with Crippen LogP contribution in [0.2, 0.25) is 5.02 Å². The van der Waals surface area contributed by atoms with Crippen molar-refractivity contribution in [1.29, 1.82) is 0 Å². The molecule has 0 aliphatic heterocycles. The van der Waals surface area contributed by atoms with Crippen molar-refractivity contribution in [1.82, 2.24) is 9.78 Å². The second-order valence-electron chi connectivity index (χ2n) is 6.01. The SMILES string of the molecule is O=C(c1ccccc1)c1cn(-c2ccc(Cl)cc2)nc1-c1ccc(Br)cc1. The Morgan fingerprint density at radius 1 is 0.889 bits per heavy atom. The van der Waals surface area contributed by atoms with E-state index in [1.807, 2.05) is 66.7 Å². The third-order valence-electron chi connectivity index (χ3n) is 4.20. The largest absolute Gasteiger partial charge is 0.288 e. The maximum Gasteiger partial charge on any atom is 0.196 e. The minimum atomic E-state index is -0.0614. The zero-order valence-electron chi connectivity index (χ0n) is 14.1. The Morgan fingerprint density at radius 3 is 2.22 bits per heavy atom. The van der Waals surface area contributed by atoms with E-state index >= 15 is 0 Å². The molecule has 0 amide bonds. The summed E-state index contributed by atoms with van der Waals surface area (Å²) in [5.41, 5.74) is 3.55. The van der Waals surface area contributed by atoms with Crippen molar-refractivity contribution in [3.63, 3.8) is 0 Å². The van der Waals surface area contributed by atoms with Gasteiger partial charge in [-0.1, -0.05) is 70.0 Å². The Hall–Kier alpha value is -2.69. The van der Waals surface area contributed by atoms with Gasteiger partial charge < -0.3 is 0 Å². The molecule has 0 spiro atoms. The topological polar surface area (TPSA) is 34.9 Å². The van der Waals surface area contributed by atoms with Crippen LogP contribution in [-0.4, -0.2) is 15.6 Å². The quantitative estimate of drug-likeness (QED) is 0.357. The fourth-order valence-electron chi connectivity index (χ4n) is 2.83. The molecular weight excluding hydrogens is 424 g/mol. The summed E-state index contributed by atoms with van der Waals surface area (Å²) < 4.78 is 2.68. The first-order valence-corrected chi connectivity index (χ1v) is 9.50. The number of halogens is 2. The summed E-state index contributed by atoms with van der Waals surface area (Å²) in [5, 5.41) is 5.35. The average molecular weight is 438 g/mol. The highest BCUT2D eigenvalue weighted by Crippen LogP contribution is 2.27. The first-order chi connectivity index (χ1) is 13.1. The van der Waals surface area contributed by atoms with Crippen molar-refractivity contribution >= 4 is 33.3 Å². The molecule has 0 fully saturated rings. The predicted octanol–water partition coefficient (Wildman–Crippen LogP) is 6.19. The number of carbonyl (C=O) groups excluding carboxylic acids is 1. The summed E-state index contributed by atoms with van der Waals surface area (Å²) in [6.07, 6.45) is 1.77. The molecule has 3 aromatic carbocycles. The van der Waals surface area contributed by atoms with Gasteiger partial charge in [-0.2, -0.15) is 5.10 Å². The Morgan fingerprint density at radius 2 is 1.56 bits per heavy atom. The first-order valence-electron chi connectivity index (χ1n) is 8.33. The number of ketones is 1. The summed E-state index contributed by atoms with van der Waals surface area (Å²) in [5.74, 6) is -0.0614. The zero-order chi connectivity index (χ0) is 18.8. The van der Waals surface area contributed by atoms with Crippen molar-refractivity contribution in [3.05, 3.63) is 106 Å². The molecule has 3 nitrogen and oxygen atoms in total. The van der Waals surface area contributed by atoms with Crippen LogP contribution in [-0.2, 0) is 0 Å². The fraction of sp³-hybridized carbons (Fsp3) is 0. The van der Waals surface area contributed by atoms with Gasteiger partial charge in [-0.25, -0.2) is 4.68 Å². The van der Waals surface area contributed by atoms with Crippen LogP contribution in [0.5, 0.6) is 0 Å². The predicted molar refractivity (Wildman–Crippen MR) is 112 cm³/mol. The van der Waals surface area contributed by atoms with E-state index in [0.29, 0.717) is 21.8 Å². The highest BCUT2D eigenvalue weighted by atomic mass is 79.9. The van der Waals surface area contributed by atoms with Crippen molar-refractivity contribution in [3.8, 4) is 16.9 Å². The Balaban J connectivity index is 1.86. The van der Waals surface area contributed by atoms with E-state index in [1.165, 1.54) is 0 Å². The molecule has 4 aromatic rings. The van der Waals surface area contributed by atoms with Gasteiger partial charge in [-0.3, -0.25) is 4.79 Å². The lowest BCUT2D eigenvalue weighted by molar-refractivity contribution is 0.103. The summed E-state index contributed by atoms with van der Waals surface area (Å²) >= 11 is 9.43. The number of carbonyl (C=O) groups is 1. The first kappa shape index (κ1) is 17.7. The Kier molecular flexibility index (Phi) is 4.92. The van der Waals surface area contributed by atoms with Gasteiger partial charge in [-0.05, 0) is 36.4 Å². The fourth-order valence-corrected chi connectivity index (χ4v) is 3.22. The number of hydrogen-bond donors (Lipinski definition) is 0. The van der Waals surface area contributed by atoms with Crippen LogP contribution in [0.25, 0.3) is 16.9 Å².